The van der Waals surface area contributed by atoms with Crippen molar-refractivity contribution >= 4 is 29.2 Å². The van der Waals surface area contributed by atoms with E-state index in [2.05, 4.69) is 5.32 Å². The molecule has 0 saturated carbocycles. The molecule has 2 N–H and O–H groups in total. The second-order valence-corrected chi connectivity index (χ2v) is 3.76. The zero-order chi connectivity index (χ0) is 12.3. The number of benzene rings is 1. The third kappa shape index (κ3) is 2.73. The first-order chi connectivity index (χ1) is 7.45. The number of hydrogen-bond donors (Lipinski definition) is 2. The first-order valence-electron chi connectivity index (χ1n) is 4.79. The molecule has 0 fully saturated rings. The normalized spacial score (nSPS) is 9.94. The Hall–Kier alpha value is -1.55. The van der Waals surface area contributed by atoms with E-state index in [1.807, 2.05) is 0 Å². The van der Waals surface area contributed by atoms with E-state index in [0.29, 0.717) is 17.7 Å². The van der Waals surface area contributed by atoms with Crippen molar-refractivity contribution in [2.75, 3.05) is 5.32 Å². The average molecular weight is 242 g/mol. The van der Waals surface area contributed by atoms with Gasteiger partial charge in [0.25, 0.3) is 0 Å². The number of amides is 1. The summed E-state index contributed by atoms with van der Waals surface area (Å²) < 4.78 is 0. The van der Waals surface area contributed by atoms with Gasteiger partial charge in [0, 0.05) is 6.42 Å². The molecule has 0 heterocycles. The van der Waals surface area contributed by atoms with Gasteiger partial charge < -0.3 is 10.4 Å². The van der Waals surface area contributed by atoms with Crippen molar-refractivity contribution in [2.24, 2.45) is 0 Å². The maximum atomic E-state index is 11.2. The van der Waals surface area contributed by atoms with E-state index in [0.717, 1.165) is 0 Å². The van der Waals surface area contributed by atoms with Gasteiger partial charge in [0.15, 0.2) is 0 Å². The Balaban J connectivity index is 3.12. The van der Waals surface area contributed by atoms with E-state index in [1.54, 1.807) is 13.8 Å². The molecule has 0 radical (unpaired) electrons. The number of halogens is 1. The Kier molecular flexibility index (Phi) is 3.90. The number of carbonyl (C=O) groups is 2. The van der Waals surface area contributed by atoms with Crippen LogP contribution in [-0.2, 0) is 4.79 Å². The van der Waals surface area contributed by atoms with Gasteiger partial charge in [0.05, 0.1) is 16.3 Å². The number of aryl methyl sites for hydroxylation is 1. The molecule has 4 nitrogen and oxygen atoms in total. The van der Waals surface area contributed by atoms with Gasteiger partial charge >= 0.3 is 5.97 Å². The van der Waals surface area contributed by atoms with Crippen molar-refractivity contribution in [3.63, 3.8) is 0 Å². The lowest BCUT2D eigenvalue weighted by atomic mass is 10.1. The van der Waals surface area contributed by atoms with Crippen LogP contribution in [0, 0.1) is 6.92 Å². The summed E-state index contributed by atoms with van der Waals surface area (Å²) in [6.07, 6.45) is 0.344. The third-order valence-electron chi connectivity index (χ3n) is 2.12. The van der Waals surface area contributed by atoms with E-state index < -0.39 is 5.97 Å². The Labute approximate surface area is 98.2 Å². The molecule has 86 valence electrons. The average Bonchev–Trinajstić information content (AvgIpc) is 2.22. The predicted octanol–water partition coefficient (Wildman–Crippen LogP) is 2.70. The number of anilines is 1. The fourth-order valence-corrected chi connectivity index (χ4v) is 1.57. The molecule has 0 unspecified atom stereocenters. The number of carboxylic acids is 1. The van der Waals surface area contributed by atoms with Crippen molar-refractivity contribution in [1.29, 1.82) is 0 Å². The summed E-state index contributed by atoms with van der Waals surface area (Å²) in [6.45, 7) is 3.42. The van der Waals surface area contributed by atoms with Crippen LogP contribution in [0.2, 0.25) is 5.02 Å². The monoisotopic (exact) mass is 241 g/mol. The molecule has 0 aliphatic carbocycles. The predicted molar refractivity (Wildman–Crippen MR) is 62.1 cm³/mol. The summed E-state index contributed by atoms with van der Waals surface area (Å²) in [6, 6.07) is 2.79. The third-order valence-corrected chi connectivity index (χ3v) is 2.42. The van der Waals surface area contributed by atoms with Gasteiger partial charge in [-0.05, 0) is 24.6 Å². The van der Waals surface area contributed by atoms with E-state index in [4.69, 9.17) is 16.7 Å². The first-order valence-corrected chi connectivity index (χ1v) is 5.16. The molecular weight excluding hydrogens is 230 g/mol. The van der Waals surface area contributed by atoms with Crippen molar-refractivity contribution < 1.29 is 14.7 Å². The topological polar surface area (TPSA) is 66.4 Å². The van der Waals surface area contributed by atoms with E-state index in [-0.39, 0.29) is 16.5 Å². The van der Waals surface area contributed by atoms with Crippen molar-refractivity contribution in [3.05, 3.63) is 28.3 Å². The maximum Gasteiger partial charge on any atom is 0.335 e. The van der Waals surface area contributed by atoms with Gasteiger partial charge in [-0.3, -0.25) is 4.79 Å². The van der Waals surface area contributed by atoms with Crippen LogP contribution >= 0.6 is 11.6 Å². The Morgan fingerprint density at radius 2 is 2.06 bits per heavy atom. The van der Waals surface area contributed by atoms with E-state index in [9.17, 15) is 9.59 Å². The van der Waals surface area contributed by atoms with Crippen LogP contribution in [-0.4, -0.2) is 17.0 Å². The molecule has 1 aromatic rings. The van der Waals surface area contributed by atoms with Gasteiger partial charge in [-0.2, -0.15) is 0 Å². The van der Waals surface area contributed by atoms with Crippen LogP contribution in [0.25, 0.3) is 0 Å². The number of rotatable bonds is 3. The van der Waals surface area contributed by atoms with Gasteiger partial charge in [-0.15, -0.1) is 0 Å². The number of hydrogen-bond acceptors (Lipinski definition) is 2. The minimum atomic E-state index is -1.04. The number of carboxylic acid groups (broad SMARTS) is 1. The number of carbonyl (C=O) groups excluding carboxylic acids is 1. The Morgan fingerprint density at radius 1 is 1.44 bits per heavy atom. The molecule has 0 bridgehead atoms. The highest BCUT2D eigenvalue weighted by atomic mass is 35.5. The molecule has 16 heavy (non-hydrogen) atoms. The zero-order valence-electron chi connectivity index (χ0n) is 9.00. The Morgan fingerprint density at radius 3 is 2.50 bits per heavy atom. The summed E-state index contributed by atoms with van der Waals surface area (Å²) in [5.74, 6) is -1.20. The minimum absolute atomic E-state index is 0.108. The van der Waals surface area contributed by atoms with Crippen LogP contribution in [0.3, 0.4) is 0 Å². The van der Waals surface area contributed by atoms with Crippen LogP contribution in [0.1, 0.15) is 29.3 Å². The quantitative estimate of drug-likeness (QED) is 0.855. The van der Waals surface area contributed by atoms with E-state index in [1.165, 1.54) is 12.1 Å². The van der Waals surface area contributed by atoms with Gasteiger partial charge in [-0.25, -0.2) is 4.79 Å². The number of nitrogens with one attached hydrogen (secondary N) is 1. The molecule has 1 rings (SSSR count). The first kappa shape index (κ1) is 12.5. The van der Waals surface area contributed by atoms with Gasteiger partial charge in [-0.1, -0.05) is 18.5 Å². The van der Waals surface area contributed by atoms with Gasteiger partial charge in [0.2, 0.25) is 5.91 Å². The highest BCUT2D eigenvalue weighted by Gasteiger charge is 2.12. The molecule has 0 spiro atoms. The maximum absolute atomic E-state index is 11.2. The fraction of sp³-hybridized carbons (Fsp3) is 0.273. The molecule has 0 saturated heterocycles. The molecule has 1 aromatic carbocycles. The lowest BCUT2D eigenvalue weighted by Gasteiger charge is -2.10. The largest absolute Gasteiger partial charge is 0.478 e. The molecule has 0 atom stereocenters. The molecule has 0 aliphatic rings. The summed E-state index contributed by atoms with van der Waals surface area (Å²) in [5, 5.41) is 11.7. The summed E-state index contributed by atoms with van der Waals surface area (Å²) in [4.78, 5) is 22.0. The molecule has 1 amide bonds. The lowest BCUT2D eigenvalue weighted by Crippen LogP contribution is -2.11. The van der Waals surface area contributed by atoms with Crippen molar-refractivity contribution in [1.82, 2.24) is 0 Å². The summed E-state index contributed by atoms with van der Waals surface area (Å²) in [5.41, 5.74) is 1.21. The van der Waals surface area contributed by atoms with Crippen molar-refractivity contribution in [3.8, 4) is 0 Å². The van der Waals surface area contributed by atoms with Crippen LogP contribution in [0.15, 0.2) is 12.1 Å². The molecule has 0 aromatic heterocycles. The highest BCUT2D eigenvalue weighted by molar-refractivity contribution is 6.34. The second-order valence-electron chi connectivity index (χ2n) is 3.36. The van der Waals surface area contributed by atoms with Crippen LogP contribution < -0.4 is 5.32 Å². The van der Waals surface area contributed by atoms with E-state index >= 15 is 0 Å². The standard InChI is InChI=1S/C11H12ClNO3/c1-3-9(14)13-10-6(2)4-7(11(15)16)5-8(10)12/h4-5H,3H2,1-2H3,(H,13,14)(H,15,16). The van der Waals surface area contributed by atoms with Crippen molar-refractivity contribution in [2.45, 2.75) is 20.3 Å². The van der Waals surface area contributed by atoms with Gasteiger partial charge in [0.1, 0.15) is 0 Å². The zero-order valence-corrected chi connectivity index (χ0v) is 9.76. The Bertz CT molecular complexity index is 420. The SMILES string of the molecule is CCC(=O)Nc1c(C)cc(C(=O)O)cc1Cl. The second kappa shape index (κ2) is 4.99. The van der Waals surface area contributed by atoms with Crippen LogP contribution in [0.4, 0.5) is 5.69 Å². The highest BCUT2D eigenvalue weighted by Crippen LogP contribution is 2.27. The summed E-state index contributed by atoms with van der Waals surface area (Å²) in [7, 11) is 0. The number of aromatic carboxylic acids is 1. The molecule has 0 aliphatic heterocycles. The summed E-state index contributed by atoms with van der Waals surface area (Å²) >= 11 is 5.90. The molecule has 5 heteroatoms. The smallest absolute Gasteiger partial charge is 0.335 e. The fourth-order valence-electron chi connectivity index (χ4n) is 1.25. The lowest BCUT2D eigenvalue weighted by molar-refractivity contribution is -0.115. The minimum Gasteiger partial charge on any atom is -0.478 e. The van der Waals surface area contributed by atoms with Crippen LogP contribution in [0.5, 0.6) is 0 Å². The molecular formula is C11H12ClNO3.